The third-order valence-corrected chi connectivity index (χ3v) is 6.19. The van der Waals surface area contributed by atoms with Crippen molar-refractivity contribution in [3.8, 4) is 16.5 Å². The van der Waals surface area contributed by atoms with Crippen molar-refractivity contribution < 1.29 is 9.63 Å². The molecule has 0 unspecified atom stereocenters. The summed E-state index contributed by atoms with van der Waals surface area (Å²) in [7, 11) is 0. The van der Waals surface area contributed by atoms with E-state index in [4.69, 9.17) is 4.52 Å². The lowest BCUT2D eigenvalue weighted by Crippen LogP contribution is -2.32. The summed E-state index contributed by atoms with van der Waals surface area (Å²) in [4.78, 5) is 7.88. The van der Waals surface area contributed by atoms with Crippen molar-refractivity contribution in [2.24, 2.45) is 0 Å². The maximum atomic E-state index is 9.41. The highest BCUT2D eigenvalue weighted by molar-refractivity contribution is 9.11. The Morgan fingerprint density at radius 3 is 2.60 bits per heavy atom. The molecule has 4 rings (SSSR count). The number of phenolic OH excluding ortho intramolecular Hbond substituents is 1. The van der Waals surface area contributed by atoms with E-state index in [0.29, 0.717) is 29.9 Å². The fourth-order valence-corrected chi connectivity index (χ4v) is 4.53. The lowest BCUT2D eigenvalue weighted by atomic mass is 9.89. The van der Waals surface area contributed by atoms with Gasteiger partial charge in [0.1, 0.15) is 5.75 Å². The summed E-state index contributed by atoms with van der Waals surface area (Å²) in [5, 5.41) is 13.5. The molecule has 0 atom stereocenters. The second-order valence-electron chi connectivity index (χ2n) is 6.26. The van der Waals surface area contributed by atoms with Gasteiger partial charge in [-0.3, -0.25) is 4.90 Å². The van der Waals surface area contributed by atoms with Crippen LogP contribution in [0.3, 0.4) is 0 Å². The topological polar surface area (TPSA) is 62.4 Å². The van der Waals surface area contributed by atoms with Gasteiger partial charge in [0.2, 0.25) is 11.7 Å². The number of piperidine rings is 1. The molecule has 0 aliphatic carbocycles. The summed E-state index contributed by atoms with van der Waals surface area (Å²) in [5.41, 5.74) is 1.31. The lowest BCUT2D eigenvalue weighted by Gasteiger charge is -2.31. The Bertz CT molecular complexity index is 838. The first-order valence-electron chi connectivity index (χ1n) is 8.27. The highest BCUT2D eigenvalue weighted by Gasteiger charge is 2.22. The predicted molar refractivity (Wildman–Crippen MR) is 101 cm³/mol. The molecule has 1 aliphatic rings. The molecule has 1 N–H and O–H groups in total. The molecule has 3 aromatic rings. The fraction of sp³-hybridized carbons (Fsp3) is 0.333. The summed E-state index contributed by atoms with van der Waals surface area (Å²) in [6, 6.07) is 11.6. The molecule has 5 nitrogen and oxygen atoms in total. The monoisotopic (exact) mass is 419 g/mol. The lowest BCUT2D eigenvalue weighted by molar-refractivity contribution is 0.181. The zero-order valence-electron chi connectivity index (χ0n) is 13.6. The second-order valence-corrected chi connectivity index (χ2v) is 8.72. The van der Waals surface area contributed by atoms with Gasteiger partial charge in [-0.15, -0.1) is 11.3 Å². The van der Waals surface area contributed by atoms with Gasteiger partial charge in [-0.1, -0.05) is 17.3 Å². The highest BCUT2D eigenvalue weighted by atomic mass is 79.9. The molecule has 0 spiro atoms. The van der Waals surface area contributed by atoms with Crippen LogP contribution in [-0.4, -0.2) is 33.2 Å². The summed E-state index contributed by atoms with van der Waals surface area (Å²) < 4.78 is 6.48. The number of halogens is 1. The maximum absolute atomic E-state index is 9.41. The first-order chi connectivity index (χ1) is 12.2. The summed E-state index contributed by atoms with van der Waals surface area (Å²) in [6.07, 6.45) is 2.20. The molecule has 0 amide bonds. The first-order valence-corrected chi connectivity index (χ1v) is 9.88. The van der Waals surface area contributed by atoms with Gasteiger partial charge in [0.25, 0.3) is 0 Å². The third-order valence-electron chi connectivity index (χ3n) is 4.57. The van der Waals surface area contributed by atoms with Gasteiger partial charge in [0, 0.05) is 0 Å². The molecule has 1 saturated heterocycles. The van der Waals surface area contributed by atoms with E-state index in [2.05, 4.69) is 31.0 Å². The van der Waals surface area contributed by atoms with E-state index in [0.717, 1.165) is 34.6 Å². The van der Waals surface area contributed by atoms with Crippen LogP contribution in [0.2, 0.25) is 0 Å². The predicted octanol–water partition coefficient (Wildman–Crippen LogP) is 4.65. The van der Waals surface area contributed by atoms with Gasteiger partial charge < -0.3 is 9.63 Å². The maximum Gasteiger partial charge on any atom is 0.241 e. The number of hydrogen-bond acceptors (Lipinski definition) is 6. The number of phenols is 1. The van der Waals surface area contributed by atoms with Gasteiger partial charge >= 0.3 is 0 Å². The Balaban J connectivity index is 1.34. The van der Waals surface area contributed by atoms with E-state index >= 15 is 0 Å². The molecule has 0 radical (unpaired) electrons. The van der Waals surface area contributed by atoms with Crippen LogP contribution >= 0.6 is 27.3 Å². The molecule has 25 heavy (non-hydrogen) atoms. The molecule has 0 bridgehead atoms. The smallest absolute Gasteiger partial charge is 0.241 e. The molecule has 0 saturated carbocycles. The van der Waals surface area contributed by atoms with Crippen molar-refractivity contribution in [1.82, 2.24) is 15.0 Å². The Morgan fingerprint density at radius 2 is 1.92 bits per heavy atom. The molecular weight excluding hydrogens is 402 g/mol. The zero-order chi connectivity index (χ0) is 17.2. The first kappa shape index (κ1) is 16.8. The standard InChI is InChI=1S/C18H18BrN3O2S/c19-16-6-5-15(25-16)18-20-17(24-21-18)11-22-9-7-13(8-10-22)12-1-3-14(23)4-2-12/h1-6,13,23H,7-11H2. The van der Waals surface area contributed by atoms with E-state index in [9.17, 15) is 5.11 Å². The van der Waals surface area contributed by atoms with Crippen LogP contribution in [0.4, 0.5) is 0 Å². The van der Waals surface area contributed by atoms with Crippen molar-refractivity contribution in [3.63, 3.8) is 0 Å². The molecule has 130 valence electrons. The van der Waals surface area contributed by atoms with Crippen LogP contribution in [0.1, 0.15) is 30.2 Å². The van der Waals surface area contributed by atoms with Crippen LogP contribution in [0.15, 0.2) is 44.7 Å². The van der Waals surface area contributed by atoms with E-state index in [1.54, 1.807) is 23.5 Å². The number of likely N-dealkylation sites (tertiary alicyclic amines) is 1. The van der Waals surface area contributed by atoms with Gasteiger partial charge in [-0.05, 0) is 77.6 Å². The summed E-state index contributed by atoms with van der Waals surface area (Å²) in [5.74, 6) is 2.21. The molecule has 1 fully saturated rings. The Hall–Kier alpha value is -1.70. The SMILES string of the molecule is Oc1ccc(C2CCN(Cc3nc(-c4ccc(Br)s4)no3)CC2)cc1. The van der Waals surface area contributed by atoms with E-state index < -0.39 is 0 Å². The van der Waals surface area contributed by atoms with Crippen LogP contribution in [0.5, 0.6) is 5.75 Å². The molecule has 1 aromatic carbocycles. The number of hydrogen-bond donors (Lipinski definition) is 1. The second kappa shape index (κ2) is 7.27. The Kier molecular flexibility index (Phi) is 4.87. The zero-order valence-corrected chi connectivity index (χ0v) is 16.0. The fourth-order valence-electron chi connectivity index (χ4n) is 3.22. The van der Waals surface area contributed by atoms with Gasteiger partial charge in [-0.2, -0.15) is 4.98 Å². The third kappa shape index (κ3) is 3.94. The van der Waals surface area contributed by atoms with E-state index in [-0.39, 0.29) is 0 Å². The minimum absolute atomic E-state index is 0.325. The van der Waals surface area contributed by atoms with E-state index in [1.165, 1.54) is 5.56 Å². The van der Waals surface area contributed by atoms with Crippen LogP contribution < -0.4 is 0 Å². The van der Waals surface area contributed by atoms with Crippen molar-refractivity contribution in [2.45, 2.75) is 25.3 Å². The number of benzene rings is 1. The normalized spacial score (nSPS) is 16.4. The number of aromatic hydroxyl groups is 1. The number of nitrogens with zero attached hydrogens (tertiary/aromatic N) is 3. The molecule has 1 aliphatic heterocycles. The summed E-state index contributed by atoms with van der Waals surface area (Å²) in [6.45, 7) is 2.71. The van der Waals surface area contributed by atoms with Crippen molar-refractivity contribution >= 4 is 27.3 Å². The number of thiophene rings is 1. The van der Waals surface area contributed by atoms with Crippen LogP contribution in [0, 0.1) is 0 Å². The van der Waals surface area contributed by atoms with E-state index in [1.807, 2.05) is 24.3 Å². The highest BCUT2D eigenvalue weighted by Crippen LogP contribution is 2.31. The molecular formula is C18H18BrN3O2S. The largest absolute Gasteiger partial charge is 0.508 e. The quantitative estimate of drug-likeness (QED) is 0.666. The summed E-state index contributed by atoms with van der Waals surface area (Å²) >= 11 is 5.05. The van der Waals surface area contributed by atoms with Gasteiger partial charge in [-0.25, -0.2) is 0 Å². The average Bonchev–Trinajstić information content (AvgIpc) is 3.25. The van der Waals surface area contributed by atoms with Crippen LogP contribution in [-0.2, 0) is 6.54 Å². The van der Waals surface area contributed by atoms with Gasteiger partial charge in [0.05, 0.1) is 15.2 Å². The van der Waals surface area contributed by atoms with Crippen molar-refractivity contribution in [2.75, 3.05) is 13.1 Å². The molecule has 7 heteroatoms. The Labute approximate surface area is 158 Å². The Morgan fingerprint density at radius 1 is 1.16 bits per heavy atom. The van der Waals surface area contributed by atoms with Gasteiger partial charge in [0.15, 0.2) is 0 Å². The molecule has 2 aromatic heterocycles. The minimum Gasteiger partial charge on any atom is -0.508 e. The molecule has 3 heterocycles. The minimum atomic E-state index is 0.325. The van der Waals surface area contributed by atoms with Crippen molar-refractivity contribution in [3.05, 3.63) is 51.6 Å². The average molecular weight is 420 g/mol. The van der Waals surface area contributed by atoms with Crippen LogP contribution in [0.25, 0.3) is 10.7 Å². The number of aromatic nitrogens is 2. The number of rotatable bonds is 4. The van der Waals surface area contributed by atoms with Crippen molar-refractivity contribution in [1.29, 1.82) is 0 Å².